The van der Waals surface area contributed by atoms with Crippen molar-refractivity contribution in [3.8, 4) is 0 Å². The van der Waals surface area contributed by atoms with Crippen LogP contribution in [0.2, 0.25) is 0 Å². The van der Waals surface area contributed by atoms with Crippen molar-refractivity contribution in [3.63, 3.8) is 0 Å². The molecule has 0 aromatic heterocycles. The first kappa shape index (κ1) is 21.1. The van der Waals surface area contributed by atoms with E-state index in [1.807, 2.05) is 0 Å². The minimum absolute atomic E-state index is 0.132. The summed E-state index contributed by atoms with van der Waals surface area (Å²) in [5.41, 5.74) is 7.27. The van der Waals surface area contributed by atoms with Crippen LogP contribution in [0, 0.1) is 6.67 Å². The first-order chi connectivity index (χ1) is 16.2. The summed E-state index contributed by atoms with van der Waals surface area (Å²) in [4.78, 5) is 4.62. The van der Waals surface area contributed by atoms with Crippen molar-refractivity contribution in [2.75, 3.05) is 0 Å². The average molecular weight is 429 g/mol. The lowest BCUT2D eigenvalue weighted by Crippen LogP contribution is -2.26. The van der Waals surface area contributed by atoms with Crippen LogP contribution in [0.1, 0.15) is 48.2 Å². The van der Waals surface area contributed by atoms with Crippen molar-refractivity contribution < 1.29 is 0 Å². The molecule has 162 valence electrons. The number of hydrogen-bond donors (Lipinski definition) is 0. The van der Waals surface area contributed by atoms with Crippen molar-refractivity contribution >= 4 is 11.4 Å². The molecule has 0 bridgehead atoms. The number of benzene rings is 4. The predicted octanol–water partition coefficient (Wildman–Crippen LogP) is 7.65. The Morgan fingerprint density at radius 1 is 0.455 bits per heavy atom. The molecule has 0 spiro atoms. The molecule has 0 amide bonds. The van der Waals surface area contributed by atoms with E-state index in [1.54, 1.807) is 0 Å². The van der Waals surface area contributed by atoms with Crippen LogP contribution < -0.4 is 0 Å². The number of rotatable bonds is 6. The highest BCUT2D eigenvalue weighted by Crippen LogP contribution is 2.47. The Morgan fingerprint density at radius 3 is 1.09 bits per heavy atom. The summed E-state index contributed by atoms with van der Waals surface area (Å²) in [6, 6.07) is 43.0. The Bertz CT molecular complexity index is 1100. The summed E-state index contributed by atoms with van der Waals surface area (Å²) in [6.07, 6.45) is 0. The summed E-state index contributed by atoms with van der Waals surface area (Å²) >= 11 is 0. The minimum atomic E-state index is 0.132. The molecular formula is C31H28N2. The lowest BCUT2D eigenvalue weighted by Gasteiger charge is -2.31. The van der Waals surface area contributed by atoms with Crippen LogP contribution in [-0.4, -0.2) is 9.80 Å². The quantitative estimate of drug-likeness (QED) is 0.311. The topological polar surface area (TPSA) is 6.48 Å². The van der Waals surface area contributed by atoms with Gasteiger partial charge in [-0.15, -0.1) is 0 Å². The van der Waals surface area contributed by atoms with Gasteiger partial charge in [0.1, 0.15) is 0 Å². The molecule has 2 radical (unpaired) electrons. The van der Waals surface area contributed by atoms with Crippen molar-refractivity contribution in [2.45, 2.75) is 25.9 Å². The highest BCUT2D eigenvalue weighted by atomic mass is 15.4. The molecule has 2 nitrogen and oxygen atoms in total. The maximum absolute atomic E-state index is 3.78. The van der Waals surface area contributed by atoms with Gasteiger partial charge in [-0.1, -0.05) is 121 Å². The van der Waals surface area contributed by atoms with Crippen molar-refractivity contribution in [1.29, 1.82) is 0 Å². The largest absolute Gasteiger partial charge is 0.332 e. The van der Waals surface area contributed by atoms with E-state index in [2.05, 4.69) is 152 Å². The fourth-order valence-electron chi connectivity index (χ4n) is 4.51. The second-order valence-electron chi connectivity index (χ2n) is 8.44. The Labute approximate surface area is 197 Å². The molecule has 2 atom stereocenters. The smallest absolute Gasteiger partial charge is 0.209 e. The van der Waals surface area contributed by atoms with Gasteiger partial charge in [-0.05, 0) is 25.0 Å². The summed E-state index contributed by atoms with van der Waals surface area (Å²) in [5, 5.41) is 0. The fourth-order valence-corrected chi connectivity index (χ4v) is 4.51. The van der Waals surface area contributed by atoms with Crippen LogP contribution in [0.3, 0.4) is 0 Å². The van der Waals surface area contributed by atoms with Crippen LogP contribution >= 0.6 is 0 Å². The van der Waals surface area contributed by atoms with E-state index in [1.165, 1.54) is 33.6 Å². The zero-order valence-electron chi connectivity index (χ0n) is 19.1. The Kier molecular flexibility index (Phi) is 5.99. The van der Waals surface area contributed by atoms with E-state index >= 15 is 0 Å². The van der Waals surface area contributed by atoms with Crippen molar-refractivity contribution in [2.24, 2.45) is 0 Å². The lowest BCUT2D eigenvalue weighted by molar-refractivity contribution is 0.273. The van der Waals surface area contributed by atoms with Gasteiger partial charge in [0.05, 0.1) is 23.5 Å². The summed E-state index contributed by atoms with van der Waals surface area (Å²) < 4.78 is 0. The molecule has 1 heterocycles. The fraction of sp³-hybridized carbons (Fsp3) is 0.129. The first-order valence-corrected chi connectivity index (χ1v) is 11.5. The van der Waals surface area contributed by atoms with Gasteiger partial charge in [0, 0.05) is 11.1 Å². The van der Waals surface area contributed by atoms with E-state index in [0.717, 1.165) is 0 Å². The van der Waals surface area contributed by atoms with Crippen molar-refractivity contribution in [3.05, 3.63) is 150 Å². The molecule has 0 unspecified atom stereocenters. The highest BCUT2D eigenvalue weighted by Gasteiger charge is 2.37. The molecule has 0 saturated carbocycles. The molecule has 0 aliphatic carbocycles. The highest BCUT2D eigenvalue weighted by molar-refractivity contribution is 5.92. The van der Waals surface area contributed by atoms with Crippen LogP contribution in [0.25, 0.3) is 11.4 Å². The van der Waals surface area contributed by atoms with Crippen LogP contribution in [0.15, 0.2) is 121 Å². The Balaban J connectivity index is 1.70. The van der Waals surface area contributed by atoms with Gasteiger partial charge in [0.15, 0.2) is 0 Å². The molecule has 5 rings (SSSR count). The third kappa shape index (κ3) is 4.17. The Hall–Kier alpha value is -3.78. The standard InChI is InChI=1S/C31H28N2/c1-24(26-15-7-3-8-16-26)32-23-33(25(2)27-17-9-4-10-18-27)31(29-21-13-6-14-22-29)30(32)28-19-11-5-12-20-28/h3-22,24-25H,1-2H3/t24-,25-/m0/s1. The van der Waals surface area contributed by atoms with E-state index in [-0.39, 0.29) is 12.1 Å². The maximum Gasteiger partial charge on any atom is 0.209 e. The van der Waals surface area contributed by atoms with Gasteiger partial charge in [-0.2, -0.15) is 0 Å². The Morgan fingerprint density at radius 2 is 0.758 bits per heavy atom. The van der Waals surface area contributed by atoms with Gasteiger partial charge in [0.2, 0.25) is 6.67 Å². The zero-order chi connectivity index (χ0) is 22.6. The molecule has 0 fully saturated rings. The third-order valence-electron chi connectivity index (χ3n) is 6.35. The van der Waals surface area contributed by atoms with E-state index < -0.39 is 0 Å². The normalized spacial score (nSPS) is 15.6. The van der Waals surface area contributed by atoms with Gasteiger partial charge in [0.25, 0.3) is 0 Å². The molecule has 2 heteroatoms. The second-order valence-corrected chi connectivity index (χ2v) is 8.44. The van der Waals surface area contributed by atoms with Crippen LogP contribution in [0.4, 0.5) is 0 Å². The molecule has 0 saturated heterocycles. The SMILES string of the molecule is C[C@@H](c1ccccc1)N1[C]N([C@@H](C)c2ccccc2)C(c2ccccc2)=C1c1ccccc1. The van der Waals surface area contributed by atoms with E-state index in [4.69, 9.17) is 0 Å². The molecular weight excluding hydrogens is 400 g/mol. The number of nitrogens with zero attached hydrogens (tertiary/aromatic N) is 2. The van der Waals surface area contributed by atoms with Gasteiger partial charge in [-0.3, -0.25) is 0 Å². The molecule has 0 N–H and O–H groups in total. The predicted molar refractivity (Wildman–Crippen MR) is 136 cm³/mol. The lowest BCUT2D eigenvalue weighted by atomic mass is 10.0. The van der Waals surface area contributed by atoms with Gasteiger partial charge < -0.3 is 9.80 Å². The monoisotopic (exact) mass is 428 g/mol. The van der Waals surface area contributed by atoms with Crippen molar-refractivity contribution in [1.82, 2.24) is 9.80 Å². The summed E-state index contributed by atoms with van der Waals surface area (Å²) in [7, 11) is 0. The molecule has 33 heavy (non-hydrogen) atoms. The molecule has 1 aliphatic heterocycles. The van der Waals surface area contributed by atoms with Gasteiger partial charge in [-0.25, -0.2) is 0 Å². The number of hydrogen-bond acceptors (Lipinski definition) is 2. The summed E-state index contributed by atoms with van der Waals surface area (Å²) in [5.74, 6) is 0. The molecule has 4 aromatic carbocycles. The van der Waals surface area contributed by atoms with Crippen LogP contribution in [0.5, 0.6) is 0 Å². The minimum Gasteiger partial charge on any atom is -0.332 e. The first-order valence-electron chi connectivity index (χ1n) is 11.5. The zero-order valence-corrected chi connectivity index (χ0v) is 19.1. The second kappa shape index (κ2) is 9.38. The maximum atomic E-state index is 3.78. The summed E-state index contributed by atoms with van der Waals surface area (Å²) in [6.45, 7) is 8.29. The van der Waals surface area contributed by atoms with E-state index in [9.17, 15) is 0 Å². The molecule has 1 aliphatic rings. The molecule has 4 aromatic rings. The third-order valence-corrected chi connectivity index (χ3v) is 6.35. The van der Waals surface area contributed by atoms with Gasteiger partial charge >= 0.3 is 0 Å². The van der Waals surface area contributed by atoms with E-state index in [0.29, 0.717) is 0 Å². The average Bonchev–Trinajstić information content (AvgIpc) is 3.30. The van der Waals surface area contributed by atoms with Crippen LogP contribution in [-0.2, 0) is 0 Å².